The van der Waals surface area contributed by atoms with Gasteiger partial charge >= 0.3 is 0 Å². The van der Waals surface area contributed by atoms with Crippen molar-refractivity contribution in [3.63, 3.8) is 0 Å². The maximum absolute atomic E-state index is 13.5. The molecule has 0 radical (unpaired) electrons. The maximum Gasteiger partial charge on any atom is 0.255 e. The third-order valence-corrected chi connectivity index (χ3v) is 8.64. The average Bonchev–Trinajstić information content (AvgIpc) is 3.05. The average molecular weight is 427 g/mol. The fraction of sp³-hybridized carbons (Fsp3) is 0.600. The number of ketones is 1. The SMILES string of the molecule is CC[C@@H](c1sc2c(c1C)C(=O)N(CC1=C(C)C=C(C)CC1=O)CC2)C1CCNCC1. The van der Waals surface area contributed by atoms with Gasteiger partial charge in [-0.15, -0.1) is 11.3 Å². The number of fused-ring (bicyclic) bond motifs is 1. The molecule has 2 aliphatic heterocycles. The summed E-state index contributed by atoms with van der Waals surface area (Å²) in [6, 6.07) is 0. The smallest absolute Gasteiger partial charge is 0.255 e. The lowest BCUT2D eigenvalue weighted by atomic mass is 9.81. The van der Waals surface area contributed by atoms with Crippen LogP contribution in [0.5, 0.6) is 0 Å². The first kappa shape index (κ1) is 21.5. The van der Waals surface area contributed by atoms with Gasteiger partial charge in [-0.3, -0.25) is 9.59 Å². The van der Waals surface area contributed by atoms with Crippen LogP contribution in [0.25, 0.3) is 0 Å². The molecule has 0 unspecified atom stereocenters. The second-order valence-corrected chi connectivity index (χ2v) is 10.4. The molecule has 1 atom stereocenters. The summed E-state index contributed by atoms with van der Waals surface area (Å²) < 4.78 is 0. The zero-order valence-electron chi connectivity index (χ0n) is 18.8. The molecular formula is C25H34N2O2S. The third-order valence-electron chi connectivity index (χ3n) is 7.16. The van der Waals surface area contributed by atoms with E-state index in [1.165, 1.54) is 28.2 Å². The van der Waals surface area contributed by atoms with Crippen molar-refractivity contribution in [3.05, 3.63) is 43.7 Å². The van der Waals surface area contributed by atoms with E-state index >= 15 is 0 Å². The van der Waals surface area contributed by atoms with Crippen molar-refractivity contribution in [1.82, 2.24) is 10.2 Å². The van der Waals surface area contributed by atoms with E-state index in [9.17, 15) is 9.59 Å². The lowest BCUT2D eigenvalue weighted by Gasteiger charge is -2.30. The number of carbonyl (C=O) groups is 2. The van der Waals surface area contributed by atoms with Crippen LogP contribution in [0, 0.1) is 12.8 Å². The molecule has 1 fully saturated rings. The summed E-state index contributed by atoms with van der Waals surface area (Å²) in [5.41, 5.74) is 5.07. The van der Waals surface area contributed by atoms with E-state index < -0.39 is 0 Å². The number of piperidine rings is 1. The lowest BCUT2D eigenvalue weighted by molar-refractivity contribution is -0.115. The van der Waals surface area contributed by atoms with E-state index in [1.54, 1.807) is 0 Å². The molecule has 4 nitrogen and oxygen atoms in total. The van der Waals surface area contributed by atoms with Gasteiger partial charge in [-0.2, -0.15) is 0 Å². The molecule has 1 aromatic heterocycles. The third kappa shape index (κ3) is 3.94. The molecule has 0 aromatic carbocycles. The van der Waals surface area contributed by atoms with E-state index in [1.807, 2.05) is 30.1 Å². The number of Topliss-reactive ketones (excluding diaryl/α,β-unsaturated/α-hetero) is 1. The zero-order valence-corrected chi connectivity index (χ0v) is 19.6. The molecule has 1 amide bonds. The highest BCUT2D eigenvalue weighted by Crippen LogP contribution is 2.43. The Morgan fingerprint density at radius 3 is 2.60 bits per heavy atom. The first-order valence-corrected chi connectivity index (χ1v) is 12.2. The Balaban J connectivity index is 1.59. The minimum Gasteiger partial charge on any atom is -0.334 e. The van der Waals surface area contributed by atoms with Crippen molar-refractivity contribution < 1.29 is 9.59 Å². The molecule has 0 bridgehead atoms. The highest BCUT2D eigenvalue weighted by Gasteiger charge is 2.34. The number of nitrogens with one attached hydrogen (secondary N) is 1. The van der Waals surface area contributed by atoms with Gasteiger partial charge in [0.15, 0.2) is 5.78 Å². The van der Waals surface area contributed by atoms with E-state index in [0.29, 0.717) is 31.3 Å². The molecule has 5 heteroatoms. The van der Waals surface area contributed by atoms with Gasteiger partial charge in [-0.05, 0) is 76.1 Å². The van der Waals surface area contributed by atoms with Gasteiger partial charge in [0.05, 0.1) is 5.56 Å². The molecule has 0 saturated carbocycles. The number of thiophene rings is 1. The van der Waals surface area contributed by atoms with Crippen LogP contribution >= 0.6 is 11.3 Å². The summed E-state index contributed by atoms with van der Waals surface area (Å²) in [5, 5.41) is 3.48. The van der Waals surface area contributed by atoms with Crippen LogP contribution in [-0.4, -0.2) is 42.8 Å². The summed E-state index contributed by atoms with van der Waals surface area (Å²) in [5.74, 6) is 1.56. The number of amides is 1. The number of carbonyl (C=O) groups excluding carboxylic acids is 2. The summed E-state index contributed by atoms with van der Waals surface area (Å²) in [6.45, 7) is 11.8. The molecule has 3 heterocycles. The van der Waals surface area contributed by atoms with Crippen LogP contribution in [0.3, 0.4) is 0 Å². The van der Waals surface area contributed by atoms with Gasteiger partial charge in [0, 0.05) is 41.3 Å². The van der Waals surface area contributed by atoms with Crippen LogP contribution in [0.4, 0.5) is 0 Å². The molecule has 1 saturated heterocycles. The monoisotopic (exact) mass is 426 g/mol. The van der Waals surface area contributed by atoms with Crippen LogP contribution in [0.15, 0.2) is 22.8 Å². The molecule has 30 heavy (non-hydrogen) atoms. The second kappa shape index (κ2) is 8.80. The molecule has 3 aliphatic rings. The Kier molecular flexibility index (Phi) is 6.31. The Morgan fingerprint density at radius 2 is 1.93 bits per heavy atom. The van der Waals surface area contributed by atoms with E-state index in [4.69, 9.17) is 0 Å². The molecule has 1 N–H and O–H groups in total. The molecule has 0 spiro atoms. The second-order valence-electron chi connectivity index (χ2n) is 9.22. The Hall–Kier alpha value is -1.72. The summed E-state index contributed by atoms with van der Waals surface area (Å²) in [4.78, 5) is 30.6. The number of allylic oxidation sites excluding steroid dienone is 3. The fourth-order valence-electron chi connectivity index (χ4n) is 5.52. The van der Waals surface area contributed by atoms with Crippen molar-refractivity contribution in [2.24, 2.45) is 5.92 Å². The normalized spacial score (nSPS) is 21.7. The molecule has 1 aromatic rings. The van der Waals surface area contributed by atoms with Crippen LogP contribution in [0.2, 0.25) is 0 Å². The maximum atomic E-state index is 13.5. The lowest BCUT2D eigenvalue weighted by Crippen LogP contribution is -2.40. The molecular weight excluding hydrogens is 392 g/mol. The zero-order chi connectivity index (χ0) is 21.4. The van der Waals surface area contributed by atoms with E-state index in [-0.39, 0.29) is 11.7 Å². The number of hydrogen-bond acceptors (Lipinski definition) is 4. The van der Waals surface area contributed by atoms with E-state index in [0.717, 1.165) is 48.2 Å². The first-order chi connectivity index (χ1) is 14.4. The summed E-state index contributed by atoms with van der Waals surface area (Å²) in [6.07, 6.45) is 7.07. The number of hydrogen-bond donors (Lipinski definition) is 1. The minimum atomic E-state index is 0.121. The predicted octanol–water partition coefficient (Wildman–Crippen LogP) is 4.78. The number of rotatable bonds is 5. The quantitative estimate of drug-likeness (QED) is 0.737. The highest BCUT2D eigenvalue weighted by atomic mass is 32.1. The summed E-state index contributed by atoms with van der Waals surface area (Å²) in [7, 11) is 0. The molecule has 162 valence electrons. The Labute approximate surface area is 184 Å². The van der Waals surface area contributed by atoms with Gasteiger partial charge < -0.3 is 10.2 Å². The minimum absolute atomic E-state index is 0.121. The van der Waals surface area contributed by atoms with Crippen molar-refractivity contribution >= 4 is 23.0 Å². The standard InChI is InChI=1S/C25H34N2O2S/c1-5-19(18-6-9-26-10-7-18)24-17(4)23-22(30-24)8-11-27(25(23)29)14-20-16(3)12-15(2)13-21(20)28/h12,18-19,26H,5-11,13-14H2,1-4H3/t19-/m1/s1. The van der Waals surface area contributed by atoms with Crippen LogP contribution in [0.1, 0.15) is 78.0 Å². The van der Waals surface area contributed by atoms with Crippen LogP contribution < -0.4 is 5.32 Å². The largest absolute Gasteiger partial charge is 0.334 e. The number of nitrogens with zero attached hydrogens (tertiary/aromatic N) is 1. The molecule has 1 aliphatic carbocycles. The van der Waals surface area contributed by atoms with Crippen molar-refractivity contribution in [2.45, 2.75) is 65.7 Å². The van der Waals surface area contributed by atoms with Crippen LogP contribution in [-0.2, 0) is 11.2 Å². The van der Waals surface area contributed by atoms with Crippen molar-refractivity contribution in [3.8, 4) is 0 Å². The van der Waals surface area contributed by atoms with Gasteiger partial charge in [0.1, 0.15) is 0 Å². The van der Waals surface area contributed by atoms with Crippen molar-refractivity contribution in [2.75, 3.05) is 26.2 Å². The summed E-state index contributed by atoms with van der Waals surface area (Å²) >= 11 is 1.89. The highest BCUT2D eigenvalue weighted by molar-refractivity contribution is 7.12. The van der Waals surface area contributed by atoms with E-state index in [2.05, 4.69) is 25.2 Å². The molecule has 4 rings (SSSR count). The Morgan fingerprint density at radius 1 is 1.20 bits per heavy atom. The van der Waals surface area contributed by atoms with Gasteiger partial charge in [0.2, 0.25) is 0 Å². The predicted molar refractivity (Wildman–Crippen MR) is 123 cm³/mol. The van der Waals surface area contributed by atoms with Gasteiger partial charge in [-0.1, -0.05) is 18.6 Å². The fourth-order valence-corrected chi connectivity index (χ4v) is 7.09. The Bertz CT molecular complexity index is 918. The topological polar surface area (TPSA) is 49.4 Å². The van der Waals surface area contributed by atoms with Gasteiger partial charge in [0.25, 0.3) is 5.91 Å². The van der Waals surface area contributed by atoms with Crippen molar-refractivity contribution in [1.29, 1.82) is 0 Å². The van der Waals surface area contributed by atoms with Gasteiger partial charge in [-0.25, -0.2) is 0 Å². The first-order valence-electron chi connectivity index (χ1n) is 11.4.